The lowest BCUT2D eigenvalue weighted by atomic mass is 10.2. The van der Waals surface area contributed by atoms with Crippen LogP contribution in [0.5, 0.6) is 0 Å². The molecule has 1 aromatic carbocycles. The first-order valence-electron chi connectivity index (χ1n) is 7.46. The summed E-state index contributed by atoms with van der Waals surface area (Å²) < 4.78 is 28.2. The summed E-state index contributed by atoms with van der Waals surface area (Å²) >= 11 is 0. The molecule has 0 heterocycles. The highest BCUT2D eigenvalue weighted by Crippen LogP contribution is 2.20. The first-order chi connectivity index (χ1) is 10.9. The number of amides is 2. The number of carbonyl (C=O) groups is 2. The number of aryl methyl sites for hydroxylation is 1. The SMILES string of the molecule is Cc1ccc(S(C)(=O)=O)cc1NC(=O)CCNC(=O)OC(C)(C)C. The Hall–Kier alpha value is -2.09. The molecule has 0 saturated heterocycles. The minimum atomic E-state index is -3.35. The fraction of sp³-hybridized carbons (Fsp3) is 0.500. The van der Waals surface area contributed by atoms with Gasteiger partial charge in [0.25, 0.3) is 0 Å². The molecule has 0 aliphatic heterocycles. The van der Waals surface area contributed by atoms with E-state index >= 15 is 0 Å². The molecule has 134 valence electrons. The molecular formula is C16H24N2O5S. The number of benzene rings is 1. The lowest BCUT2D eigenvalue weighted by Gasteiger charge is -2.19. The molecule has 0 saturated carbocycles. The Bertz CT molecular complexity index is 720. The Morgan fingerprint density at radius 2 is 1.83 bits per heavy atom. The van der Waals surface area contributed by atoms with Gasteiger partial charge in [-0.25, -0.2) is 13.2 Å². The van der Waals surface area contributed by atoms with Gasteiger partial charge in [-0.05, 0) is 45.4 Å². The van der Waals surface area contributed by atoms with E-state index in [4.69, 9.17) is 4.74 Å². The van der Waals surface area contributed by atoms with Crippen molar-refractivity contribution in [2.75, 3.05) is 18.1 Å². The van der Waals surface area contributed by atoms with Crippen LogP contribution in [0.15, 0.2) is 23.1 Å². The molecule has 0 unspecified atom stereocenters. The average molecular weight is 356 g/mol. The summed E-state index contributed by atoms with van der Waals surface area (Å²) in [5, 5.41) is 5.14. The van der Waals surface area contributed by atoms with Crippen molar-refractivity contribution >= 4 is 27.5 Å². The van der Waals surface area contributed by atoms with Crippen molar-refractivity contribution in [1.82, 2.24) is 5.32 Å². The molecule has 1 aromatic rings. The minimum absolute atomic E-state index is 0.0434. The molecule has 0 spiro atoms. The number of sulfone groups is 1. The van der Waals surface area contributed by atoms with Crippen molar-refractivity contribution in [2.24, 2.45) is 0 Å². The van der Waals surface area contributed by atoms with Crippen molar-refractivity contribution in [3.8, 4) is 0 Å². The smallest absolute Gasteiger partial charge is 0.407 e. The van der Waals surface area contributed by atoms with Crippen molar-refractivity contribution in [3.05, 3.63) is 23.8 Å². The summed E-state index contributed by atoms with van der Waals surface area (Å²) in [6.45, 7) is 7.12. The molecule has 24 heavy (non-hydrogen) atoms. The highest BCUT2D eigenvalue weighted by molar-refractivity contribution is 7.90. The molecule has 0 bridgehead atoms. The predicted octanol–water partition coefficient (Wildman–Crippen LogP) is 2.25. The van der Waals surface area contributed by atoms with E-state index in [2.05, 4.69) is 10.6 Å². The number of hydrogen-bond acceptors (Lipinski definition) is 5. The van der Waals surface area contributed by atoms with E-state index < -0.39 is 21.5 Å². The average Bonchev–Trinajstić information content (AvgIpc) is 2.37. The van der Waals surface area contributed by atoms with E-state index in [0.717, 1.165) is 11.8 Å². The largest absolute Gasteiger partial charge is 0.444 e. The van der Waals surface area contributed by atoms with Gasteiger partial charge in [0.05, 0.1) is 4.90 Å². The van der Waals surface area contributed by atoms with Crippen molar-refractivity contribution in [1.29, 1.82) is 0 Å². The zero-order valence-electron chi connectivity index (χ0n) is 14.6. The van der Waals surface area contributed by atoms with Crippen LogP contribution in [0.4, 0.5) is 10.5 Å². The predicted molar refractivity (Wildman–Crippen MR) is 91.8 cm³/mol. The quantitative estimate of drug-likeness (QED) is 0.842. The Labute approximate surface area is 142 Å². The van der Waals surface area contributed by atoms with Crippen LogP contribution in [0.1, 0.15) is 32.8 Å². The van der Waals surface area contributed by atoms with Crippen LogP contribution in [0.2, 0.25) is 0 Å². The van der Waals surface area contributed by atoms with Crippen LogP contribution in [0.25, 0.3) is 0 Å². The molecule has 7 nitrogen and oxygen atoms in total. The molecule has 0 aliphatic rings. The molecular weight excluding hydrogens is 332 g/mol. The second kappa shape index (κ2) is 7.65. The maximum Gasteiger partial charge on any atom is 0.407 e. The first-order valence-corrected chi connectivity index (χ1v) is 9.35. The number of ether oxygens (including phenoxy) is 1. The van der Waals surface area contributed by atoms with Gasteiger partial charge in [0.15, 0.2) is 9.84 Å². The molecule has 0 fully saturated rings. The molecule has 2 amide bonds. The van der Waals surface area contributed by atoms with Crippen LogP contribution in [0.3, 0.4) is 0 Å². The Morgan fingerprint density at radius 3 is 2.38 bits per heavy atom. The van der Waals surface area contributed by atoms with Gasteiger partial charge < -0.3 is 15.4 Å². The maximum atomic E-state index is 11.9. The molecule has 2 N–H and O–H groups in total. The maximum absolute atomic E-state index is 11.9. The third kappa shape index (κ3) is 6.99. The Morgan fingerprint density at radius 1 is 1.21 bits per heavy atom. The topological polar surface area (TPSA) is 102 Å². The van der Waals surface area contributed by atoms with Gasteiger partial charge in [-0.3, -0.25) is 4.79 Å². The second-order valence-electron chi connectivity index (χ2n) is 6.48. The van der Waals surface area contributed by atoms with E-state index in [1.54, 1.807) is 33.8 Å². The van der Waals surface area contributed by atoms with E-state index in [1.165, 1.54) is 12.1 Å². The van der Waals surface area contributed by atoms with E-state index in [-0.39, 0.29) is 23.8 Å². The third-order valence-electron chi connectivity index (χ3n) is 2.93. The number of anilines is 1. The highest BCUT2D eigenvalue weighted by atomic mass is 32.2. The van der Waals surface area contributed by atoms with E-state index in [9.17, 15) is 18.0 Å². The Balaban J connectivity index is 2.59. The number of carbonyl (C=O) groups excluding carboxylic acids is 2. The second-order valence-corrected chi connectivity index (χ2v) is 8.49. The van der Waals surface area contributed by atoms with Crippen LogP contribution < -0.4 is 10.6 Å². The van der Waals surface area contributed by atoms with E-state index in [0.29, 0.717) is 5.69 Å². The minimum Gasteiger partial charge on any atom is -0.444 e. The zero-order chi connectivity index (χ0) is 18.5. The molecule has 0 aromatic heterocycles. The van der Waals surface area contributed by atoms with Gasteiger partial charge in [0.1, 0.15) is 5.60 Å². The lowest BCUT2D eigenvalue weighted by molar-refractivity contribution is -0.116. The number of rotatable bonds is 5. The fourth-order valence-electron chi connectivity index (χ4n) is 1.77. The molecule has 1 rings (SSSR count). The summed E-state index contributed by atoms with van der Waals surface area (Å²) in [5.41, 5.74) is 0.575. The first kappa shape index (κ1) is 20.0. The molecule has 0 aliphatic carbocycles. The van der Waals surface area contributed by atoms with Gasteiger partial charge in [0, 0.05) is 24.9 Å². The monoisotopic (exact) mass is 356 g/mol. The zero-order valence-corrected chi connectivity index (χ0v) is 15.4. The van der Waals surface area contributed by atoms with Gasteiger partial charge in [-0.15, -0.1) is 0 Å². The van der Waals surface area contributed by atoms with Crippen molar-refractivity contribution < 1.29 is 22.7 Å². The van der Waals surface area contributed by atoms with Gasteiger partial charge >= 0.3 is 6.09 Å². The summed E-state index contributed by atoms with van der Waals surface area (Å²) in [5.74, 6) is -0.334. The number of nitrogens with one attached hydrogen (secondary N) is 2. The van der Waals surface area contributed by atoms with Crippen molar-refractivity contribution in [3.63, 3.8) is 0 Å². The molecule has 0 radical (unpaired) electrons. The van der Waals surface area contributed by atoms with Gasteiger partial charge in [-0.2, -0.15) is 0 Å². The normalized spacial score (nSPS) is 11.7. The third-order valence-corrected chi connectivity index (χ3v) is 4.04. The molecule has 8 heteroatoms. The highest BCUT2D eigenvalue weighted by Gasteiger charge is 2.16. The summed E-state index contributed by atoms with van der Waals surface area (Å²) in [6.07, 6.45) is 0.557. The number of hydrogen-bond donors (Lipinski definition) is 2. The standard InChI is InChI=1S/C16H24N2O5S/c1-11-6-7-12(24(5,21)22)10-13(11)18-14(19)8-9-17-15(20)23-16(2,3)4/h6-7,10H,8-9H2,1-5H3,(H,17,20)(H,18,19). The summed E-state index contributed by atoms with van der Waals surface area (Å²) in [7, 11) is -3.35. The number of alkyl carbamates (subject to hydrolysis) is 1. The fourth-order valence-corrected chi connectivity index (χ4v) is 2.42. The summed E-state index contributed by atoms with van der Waals surface area (Å²) in [4.78, 5) is 23.6. The van der Waals surface area contributed by atoms with Crippen LogP contribution in [0, 0.1) is 6.92 Å². The van der Waals surface area contributed by atoms with Crippen LogP contribution in [-0.4, -0.2) is 38.8 Å². The van der Waals surface area contributed by atoms with Gasteiger partial charge in [0.2, 0.25) is 5.91 Å². The Kier molecular flexibility index (Phi) is 6.36. The van der Waals surface area contributed by atoms with Crippen LogP contribution in [-0.2, 0) is 19.4 Å². The molecule has 0 atom stereocenters. The van der Waals surface area contributed by atoms with Crippen molar-refractivity contribution in [2.45, 2.75) is 44.6 Å². The van der Waals surface area contributed by atoms with E-state index in [1.807, 2.05) is 0 Å². The lowest BCUT2D eigenvalue weighted by Crippen LogP contribution is -2.34. The van der Waals surface area contributed by atoms with Crippen LogP contribution >= 0.6 is 0 Å². The van der Waals surface area contributed by atoms with Gasteiger partial charge in [-0.1, -0.05) is 6.07 Å². The summed E-state index contributed by atoms with van der Waals surface area (Å²) in [6, 6.07) is 4.54.